The molecule has 2 rings (SSSR count). The quantitative estimate of drug-likeness (QED) is 0.833. The smallest absolute Gasteiger partial charge is 0.222 e. The van der Waals surface area contributed by atoms with Gasteiger partial charge in [0.1, 0.15) is 9.84 Å². The minimum atomic E-state index is -2.88. The van der Waals surface area contributed by atoms with E-state index < -0.39 is 9.84 Å². The van der Waals surface area contributed by atoms with Crippen molar-refractivity contribution < 1.29 is 13.2 Å². The van der Waals surface area contributed by atoms with Crippen molar-refractivity contribution in [3.05, 3.63) is 30.1 Å². The molecule has 0 saturated carbocycles. The Morgan fingerprint density at radius 2 is 1.90 bits per heavy atom. The third kappa shape index (κ3) is 4.03. The number of rotatable bonds is 4. The molecule has 0 radical (unpaired) electrons. The van der Waals surface area contributed by atoms with Gasteiger partial charge in [0.2, 0.25) is 5.91 Å². The largest absolute Gasteiger partial charge is 0.343 e. The zero-order valence-corrected chi connectivity index (χ0v) is 12.5. The first kappa shape index (κ1) is 15.0. The Hall–Kier alpha value is -1.43. The fraction of sp³-hybridized carbons (Fsp3) is 0.571. The van der Waals surface area contributed by atoms with Gasteiger partial charge in [0.05, 0.1) is 11.5 Å². The van der Waals surface area contributed by atoms with E-state index in [2.05, 4.69) is 4.98 Å². The maximum Gasteiger partial charge on any atom is 0.222 e. The molecule has 1 aromatic heterocycles. The minimum absolute atomic E-state index is 0.0588. The number of nitrogens with zero attached hydrogens (tertiary/aromatic N) is 2. The number of aryl methyl sites for hydroxylation is 1. The van der Waals surface area contributed by atoms with Gasteiger partial charge in [-0.3, -0.25) is 9.78 Å². The number of hydrogen-bond donors (Lipinski definition) is 0. The first-order valence-corrected chi connectivity index (χ1v) is 8.65. The highest BCUT2D eigenvalue weighted by atomic mass is 32.2. The number of carbonyl (C=O) groups is 1. The Balaban J connectivity index is 1.83. The Morgan fingerprint density at radius 3 is 2.50 bits per heavy atom. The van der Waals surface area contributed by atoms with E-state index in [0.717, 1.165) is 5.56 Å². The van der Waals surface area contributed by atoms with Crippen LogP contribution in [0.5, 0.6) is 0 Å². The van der Waals surface area contributed by atoms with Crippen molar-refractivity contribution in [1.82, 2.24) is 9.88 Å². The highest BCUT2D eigenvalue weighted by Crippen LogP contribution is 2.18. The van der Waals surface area contributed by atoms with Crippen molar-refractivity contribution in [3.63, 3.8) is 0 Å². The molecule has 5 nitrogen and oxygen atoms in total. The van der Waals surface area contributed by atoms with E-state index in [-0.39, 0.29) is 23.5 Å². The minimum Gasteiger partial charge on any atom is -0.343 e. The van der Waals surface area contributed by atoms with Gasteiger partial charge in [-0.05, 0) is 37.0 Å². The molecule has 0 aromatic carbocycles. The summed E-state index contributed by atoms with van der Waals surface area (Å²) in [7, 11) is -1.10. The van der Waals surface area contributed by atoms with Crippen LogP contribution in [0, 0.1) is 0 Å². The zero-order valence-electron chi connectivity index (χ0n) is 11.7. The van der Waals surface area contributed by atoms with E-state index >= 15 is 0 Å². The number of hydrogen-bond acceptors (Lipinski definition) is 4. The Kier molecular flexibility index (Phi) is 4.75. The van der Waals surface area contributed by atoms with Gasteiger partial charge in [-0.1, -0.05) is 0 Å². The maximum absolute atomic E-state index is 12.1. The molecule has 0 aliphatic carbocycles. The molecule has 1 aliphatic heterocycles. The summed E-state index contributed by atoms with van der Waals surface area (Å²) in [6.45, 7) is 0. The number of pyridine rings is 1. The lowest BCUT2D eigenvalue weighted by Gasteiger charge is -2.31. The SMILES string of the molecule is CN(C(=O)CCc1ccncc1)C1CCS(=O)(=O)CC1. The number of amides is 1. The first-order valence-electron chi connectivity index (χ1n) is 6.83. The molecule has 6 heteroatoms. The molecule has 20 heavy (non-hydrogen) atoms. The van der Waals surface area contributed by atoms with Crippen LogP contribution >= 0.6 is 0 Å². The van der Waals surface area contributed by atoms with Gasteiger partial charge in [0.15, 0.2) is 0 Å². The van der Waals surface area contributed by atoms with Crippen LogP contribution in [-0.4, -0.2) is 48.8 Å². The van der Waals surface area contributed by atoms with Crippen LogP contribution in [-0.2, 0) is 21.1 Å². The molecule has 1 aromatic rings. The lowest BCUT2D eigenvalue weighted by molar-refractivity contribution is -0.132. The Bertz CT molecular complexity index is 543. The topological polar surface area (TPSA) is 67.3 Å². The summed E-state index contributed by atoms with van der Waals surface area (Å²) in [5.41, 5.74) is 1.09. The monoisotopic (exact) mass is 296 g/mol. The van der Waals surface area contributed by atoms with Gasteiger partial charge in [-0.25, -0.2) is 8.42 Å². The number of aromatic nitrogens is 1. The highest BCUT2D eigenvalue weighted by molar-refractivity contribution is 7.91. The lowest BCUT2D eigenvalue weighted by Crippen LogP contribution is -2.42. The molecule has 0 atom stereocenters. The van der Waals surface area contributed by atoms with Crippen molar-refractivity contribution in [2.45, 2.75) is 31.7 Å². The van der Waals surface area contributed by atoms with E-state index in [9.17, 15) is 13.2 Å². The van der Waals surface area contributed by atoms with Gasteiger partial charge >= 0.3 is 0 Å². The van der Waals surface area contributed by atoms with Crippen molar-refractivity contribution in [2.24, 2.45) is 0 Å². The summed E-state index contributed by atoms with van der Waals surface area (Å²) in [5.74, 6) is 0.463. The third-order valence-electron chi connectivity index (χ3n) is 3.84. The predicted octanol–water partition coefficient (Wildman–Crippen LogP) is 1.05. The molecule has 1 amide bonds. The molecule has 0 spiro atoms. The molecule has 1 fully saturated rings. The Morgan fingerprint density at radius 1 is 1.30 bits per heavy atom. The van der Waals surface area contributed by atoms with Crippen LogP contribution < -0.4 is 0 Å². The van der Waals surface area contributed by atoms with Crippen LogP contribution in [0.25, 0.3) is 0 Å². The molecular weight excluding hydrogens is 276 g/mol. The average Bonchev–Trinajstić information content (AvgIpc) is 2.45. The second kappa shape index (κ2) is 6.35. The standard InChI is InChI=1S/C14H20N2O3S/c1-16(13-6-10-20(18,19)11-7-13)14(17)3-2-12-4-8-15-9-5-12/h4-5,8-9,13H,2-3,6-7,10-11H2,1H3. The fourth-order valence-corrected chi connectivity index (χ4v) is 3.91. The summed E-state index contributed by atoms with van der Waals surface area (Å²) < 4.78 is 22.8. The van der Waals surface area contributed by atoms with Gasteiger partial charge in [0, 0.05) is 31.9 Å². The third-order valence-corrected chi connectivity index (χ3v) is 5.56. The zero-order chi connectivity index (χ0) is 14.6. The van der Waals surface area contributed by atoms with E-state index in [1.165, 1.54) is 0 Å². The van der Waals surface area contributed by atoms with Crippen LogP contribution in [0.3, 0.4) is 0 Å². The molecule has 0 unspecified atom stereocenters. The highest BCUT2D eigenvalue weighted by Gasteiger charge is 2.28. The van der Waals surface area contributed by atoms with E-state index in [4.69, 9.17) is 0 Å². The molecule has 2 heterocycles. The molecule has 110 valence electrons. The second-order valence-corrected chi connectivity index (χ2v) is 7.55. The molecule has 0 N–H and O–H groups in total. The summed E-state index contributed by atoms with van der Waals surface area (Å²) in [4.78, 5) is 17.8. The van der Waals surface area contributed by atoms with E-state index in [0.29, 0.717) is 25.7 Å². The number of carbonyl (C=O) groups excluding carboxylic acids is 1. The van der Waals surface area contributed by atoms with Gasteiger partial charge in [0.25, 0.3) is 0 Å². The van der Waals surface area contributed by atoms with Gasteiger partial charge in [-0.2, -0.15) is 0 Å². The summed E-state index contributed by atoms with van der Waals surface area (Å²) in [6.07, 6.45) is 5.69. The van der Waals surface area contributed by atoms with Crippen LogP contribution in [0.2, 0.25) is 0 Å². The van der Waals surface area contributed by atoms with Crippen molar-refractivity contribution in [1.29, 1.82) is 0 Å². The summed E-state index contributed by atoms with van der Waals surface area (Å²) in [5, 5.41) is 0. The normalized spacial score (nSPS) is 18.6. The summed E-state index contributed by atoms with van der Waals surface area (Å²) in [6, 6.07) is 3.87. The lowest BCUT2D eigenvalue weighted by atomic mass is 10.1. The second-order valence-electron chi connectivity index (χ2n) is 5.24. The van der Waals surface area contributed by atoms with Crippen molar-refractivity contribution in [3.8, 4) is 0 Å². The van der Waals surface area contributed by atoms with Crippen molar-refractivity contribution >= 4 is 15.7 Å². The average molecular weight is 296 g/mol. The van der Waals surface area contributed by atoms with E-state index in [1.54, 1.807) is 24.3 Å². The maximum atomic E-state index is 12.1. The molecule has 0 bridgehead atoms. The van der Waals surface area contributed by atoms with Crippen LogP contribution in [0.1, 0.15) is 24.8 Å². The van der Waals surface area contributed by atoms with E-state index in [1.807, 2.05) is 12.1 Å². The Labute approximate surface area is 119 Å². The van der Waals surface area contributed by atoms with Crippen LogP contribution in [0.4, 0.5) is 0 Å². The molecular formula is C14H20N2O3S. The van der Waals surface area contributed by atoms with Gasteiger partial charge in [-0.15, -0.1) is 0 Å². The fourth-order valence-electron chi connectivity index (χ4n) is 2.45. The molecule has 1 aliphatic rings. The van der Waals surface area contributed by atoms with Crippen LogP contribution in [0.15, 0.2) is 24.5 Å². The van der Waals surface area contributed by atoms with Gasteiger partial charge < -0.3 is 4.90 Å². The summed E-state index contributed by atoms with van der Waals surface area (Å²) >= 11 is 0. The van der Waals surface area contributed by atoms with Crippen molar-refractivity contribution in [2.75, 3.05) is 18.6 Å². The number of sulfone groups is 1. The predicted molar refractivity (Wildman–Crippen MR) is 77.0 cm³/mol. The first-order chi connectivity index (χ1) is 9.48. The molecule has 1 saturated heterocycles.